The van der Waals surface area contributed by atoms with Crippen LogP contribution >= 0.6 is 11.5 Å². The van der Waals surface area contributed by atoms with E-state index in [4.69, 9.17) is 0 Å². The molecule has 1 aliphatic rings. The van der Waals surface area contributed by atoms with E-state index in [0.717, 1.165) is 24.2 Å². The van der Waals surface area contributed by atoms with Gasteiger partial charge in [0.15, 0.2) is 5.82 Å². The number of aromatic nitrogens is 5. The van der Waals surface area contributed by atoms with Gasteiger partial charge in [-0.2, -0.15) is 14.5 Å². The molecule has 3 aromatic rings. The summed E-state index contributed by atoms with van der Waals surface area (Å²) in [7, 11) is 0. The van der Waals surface area contributed by atoms with E-state index in [-0.39, 0.29) is 5.82 Å². The summed E-state index contributed by atoms with van der Waals surface area (Å²) in [5.41, 5.74) is 0.900. The van der Waals surface area contributed by atoms with Crippen LogP contribution in [0.4, 0.5) is 15.3 Å². The smallest absolute Gasteiger partial charge is 0.208 e. The minimum absolute atomic E-state index is 0.369. The van der Waals surface area contributed by atoms with Crippen molar-refractivity contribution in [1.82, 2.24) is 24.1 Å². The molecule has 0 bridgehead atoms. The Morgan fingerprint density at radius 1 is 1.32 bits per heavy atom. The molecule has 8 heteroatoms. The zero-order chi connectivity index (χ0) is 14.9. The molecule has 1 aliphatic carbocycles. The van der Waals surface area contributed by atoms with E-state index in [1.165, 1.54) is 30.4 Å². The van der Waals surface area contributed by atoms with Gasteiger partial charge in [0.25, 0.3) is 0 Å². The van der Waals surface area contributed by atoms with E-state index in [0.29, 0.717) is 16.8 Å². The summed E-state index contributed by atoms with van der Waals surface area (Å²) in [5, 5.41) is 7.97. The van der Waals surface area contributed by atoms with E-state index < -0.39 is 0 Å². The van der Waals surface area contributed by atoms with Crippen molar-refractivity contribution in [2.45, 2.75) is 19.4 Å². The van der Waals surface area contributed by atoms with Crippen molar-refractivity contribution in [3.8, 4) is 11.4 Å². The Hall–Kier alpha value is -2.35. The predicted octanol–water partition coefficient (Wildman–Crippen LogP) is 3.09. The second-order valence-corrected chi connectivity index (χ2v) is 6.06. The van der Waals surface area contributed by atoms with Crippen LogP contribution in [0.3, 0.4) is 0 Å². The van der Waals surface area contributed by atoms with E-state index in [1.54, 1.807) is 12.3 Å². The summed E-state index contributed by atoms with van der Waals surface area (Å²) in [6.45, 7) is 0.967. The summed E-state index contributed by atoms with van der Waals surface area (Å²) in [5.74, 6) is 1.58. The molecule has 1 fully saturated rings. The summed E-state index contributed by atoms with van der Waals surface area (Å²) in [6, 6.07) is 2.91. The first-order valence-corrected chi connectivity index (χ1v) is 7.79. The van der Waals surface area contributed by atoms with E-state index in [2.05, 4.69) is 24.8 Å². The Kier molecular flexibility index (Phi) is 3.30. The maximum Gasteiger partial charge on any atom is 0.208 e. The minimum atomic E-state index is -0.369. The fourth-order valence-electron chi connectivity index (χ4n) is 2.09. The molecule has 1 N–H and O–H groups in total. The van der Waals surface area contributed by atoms with Gasteiger partial charge in [-0.1, -0.05) is 0 Å². The van der Waals surface area contributed by atoms with Crippen LogP contribution in [0, 0.1) is 11.7 Å². The number of halogens is 1. The van der Waals surface area contributed by atoms with Gasteiger partial charge < -0.3 is 5.32 Å². The van der Waals surface area contributed by atoms with Crippen molar-refractivity contribution in [2.24, 2.45) is 5.92 Å². The molecule has 3 heterocycles. The predicted molar refractivity (Wildman–Crippen MR) is 81.3 cm³/mol. The number of anilines is 2. The van der Waals surface area contributed by atoms with Crippen LogP contribution < -0.4 is 5.32 Å². The molecule has 0 radical (unpaired) electrons. The average Bonchev–Trinajstić information content (AvgIpc) is 3.00. The molecule has 4 rings (SSSR count). The van der Waals surface area contributed by atoms with Crippen LogP contribution in [0.1, 0.15) is 12.8 Å². The number of nitrogens with zero attached hydrogens (tertiary/aromatic N) is 5. The third-order valence-electron chi connectivity index (χ3n) is 3.42. The van der Waals surface area contributed by atoms with Crippen LogP contribution in [-0.2, 0) is 6.54 Å². The summed E-state index contributed by atoms with van der Waals surface area (Å²) in [6.07, 6.45) is 7.50. The summed E-state index contributed by atoms with van der Waals surface area (Å²) < 4.78 is 19.1. The van der Waals surface area contributed by atoms with Crippen molar-refractivity contribution in [1.29, 1.82) is 0 Å². The first kappa shape index (κ1) is 13.3. The van der Waals surface area contributed by atoms with Gasteiger partial charge in [-0.15, -0.1) is 0 Å². The van der Waals surface area contributed by atoms with Gasteiger partial charge in [-0.3, -0.25) is 4.68 Å². The van der Waals surface area contributed by atoms with Gasteiger partial charge >= 0.3 is 0 Å². The normalized spacial score (nSPS) is 14.2. The van der Waals surface area contributed by atoms with E-state index in [1.807, 2.05) is 10.9 Å². The third kappa shape index (κ3) is 2.96. The molecule has 0 aliphatic heterocycles. The quantitative estimate of drug-likeness (QED) is 0.783. The molecule has 22 heavy (non-hydrogen) atoms. The van der Waals surface area contributed by atoms with Crippen LogP contribution in [-0.4, -0.2) is 24.1 Å². The first-order valence-electron chi connectivity index (χ1n) is 7.01. The largest absolute Gasteiger partial charge is 0.315 e. The fraction of sp³-hybridized carbons (Fsp3) is 0.286. The Morgan fingerprint density at radius 2 is 2.23 bits per heavy atom. The van der Waals surface area contributed by atoms with Crippen molar-refractivity contribution < 1.29 is 4.39 Å². The molecule has 3 aromatic heterocycles. The summed E-state index contributed by atoms with van der Waals surface area (Å²) >= 11 is 1.24. The van der Waals surface area contributed by atoms with Gasteiger partial charge in [0.2, 0.25) is 5.13 Å². The average molecular weight is 316 g/mol. The Labute approximate surface area is 130 Å². The van der Waals surface area contributed by atoms with Crippen LogP contribution in [0.5, 0.6) is 0 Å². The molecule has 0 spiro atoms. The Balaban J connectivity index is 1.48. The fourth-order valence-corrected chi connectivity index (χ4v) is 2.69. The summed E-state index contributed by atoms with van der Waals surface area (Å²) in [4.78, 5) is 8.35. The monoisotopic (exact) mass is 316 g/mol. The number of rotatable bonds is 5. The second kappa shape index (κ2) is 5.45. The highest BCUT2D eigenvalue weighted by Gasteiger charge is 2.22. The number of hydrogen-bond acceptors (Lipinski definition) is 6. The van der Waals surface area contributed by atoms with E-state index >= 15 is 0 Å². The molecule has 0 saturated heterocycles. The van der Waals surface area contributed by atoms with Gasteiger partial charge in [0, 0.05) is 24.3 Å². The molecule has 0 atom stereocenters. The lowest BCUT2D eigenvalue weighted by molar-refractivity contribution is 0.563. The van der Waals surface area contributed by atoms with Crippen molar-refractivity contribution in [3.63, 3.8) is 0 Å². The minimum Gasteiger partial charge on any atom is -0.315 e. The Morgan fingerprint density at radius 3 is 3.00 bits per heavy atom. The molecule has 6 nitrogen and oxygen atoms in total. The van der Waals surface area contributed by atoms with Gasteiger partial charge in [-0.05, 0) is 30.9 Å². The third-order valence-corrected chi connectivity index (χ3v) is 4.05. The zero-order valence-corrected chi connectivity index (χ0v) is 12.4. The highest BCUT2D eigenvalue weighted by Crippen LogP contribution is 2.31. The number of nitrogens with one attached hydrogen (secondary N) is 1. The highest BCUT2D eigenvalue weighted by atomic mass is 32.1. The zero-order valence-electron chi connectivity index (χ0n) is 11.6. The maximum atomic E-state index is 12.8. The molecular formula is C14H13FN6S. The van der Waals surface area contributed by atoms with Crippen molar-refractivity contribution >= 4 is 22.5 Å². The standard InChI is InChI=1S/C14H13FN6S/c15-11-3-4-12(16-6-11)18-14-19-13(20-22-14)10-5-17-21(8-10)7-9-1-2-9/h3-6,8-9H,1-2,7H2,(H,16,18,19,20). The van der Waals surface area contributed by atoms with Crippen LogP contribution in [0.15, 0.2) is 30.7 Å². The van der Waals surface area contributed by atoms with Crippen molar-refractivity contribution in [2.75, 3.05) is 5.32 Å². The molecular weight excluding hydrogens is 303 g/mol. The van der Waals surface area contributed by atoms with Crippen LogP contribution in [0.25, 0.3) is 11.4 Å². The highest BCUT2D eigenvalue weighted by molar-refractivity contribution is 7.09. The molecule has 0 unspecified atom stereocenters. The van der Waals surface area contributed by atoms with Crippen LogP contribution in [0.2, 0.25) is 0 Å². The van der Waals surface area contributed by atoms with Gasteiger partial charge in [0.05, 0.1) is 18.0 Å². The Bertz CT molecular complexity index is 777. The molecule has 0 aromatic carbocycles. The topological polar surface area (TPSA) is 68.5 Å². The lowest BCUT2D eigenvalue weighted by atomic mass is 10.3. The second-order valence-electron chi connectivity index (χ2n) is 5.30. The molecule has 1 saturated carbocycles. The first-order chi connectivity index (χ1) is 10.8. The van der Waals surface area contributed by atoms with Gasteiger partial charge in [0.1, 0.15) is 11.6 Å². The SMILES string of the molecule is Fc1ccc(Nc2nc(-c3cnn(CC4CC4)c3)ns2)nc1. The molecule has 112 valence electrons. The lowest BCUT2D eigenvalue weighted by Gasteiger charge is -1.99. The van der Waals surface area contributed by atoms with Gasteiger partial charge in [-0.25, -0.2) is 9.37 Å². The van der Waals surface area contributed by atoms with Crippen molar-refractivity contribution in [3.05, 3.63) is 36.5 Å². The number of pyridine rings is 1. The maximum absolute atomic E-state index is 12.8. The lowest BCUT2D eigenvalue weighted by Crippen LogP contribution is -1.99. The van der Waals surface area contributed by atoms with E-state index in [9.17, 15) is 4.39 Å². The molecule has 0 amide bonds. The number of hydrogen-bond donors (Lipinski definition) is 1.